The van der Waals surface area contributed by atoms with Gasteiger partial charge in [-0.25, -0.2) is 29.9 Å². The fraction of sp³-hybridized carbons (Fsp3) is 0.409. The molecular weight excluding hydrogens is 697 g/mol. The lowest BCUT2D eigenvalue weighted by atomic mass is 10.1. The van der Waals surface area contributed by atoms with Crippen molar-refractivity contribution in [3.05, 3.63) is 85.2 Å². The molecule has 296 valence electrons. The Morgan fingerprint density at radius 3 is 1.50 bits per heavy atom. The van der Waals surface area contributed by atoms with Crippen LogP contribution in [0.1, 0.15) is 67.2 Å². The van der Waals surface area contributed by atoms with Crippen LogP contribution in [0.4, 0.5) is 23.0 Å². The van der Waals surface area contributed by atoms with Gasteiger partial charge in [0.05, 0.1) is 35.2 Å². The second-order valence-electron chi connectivity index (χ2n) is 14.2. The molecule has 2 aromatic carbocycles. The van der Waals surface area contributed by atoms with Gasteiger partial charge in [-0.1, -0.05) is 88.4 Å². The number of pyridine rings is 2. The summed E-state index contributed by atoms with van der Waals surface area (Å²) in [6.07, 6.45) is 8.00. The van der Waals surface area contributed by atoms with Crippen molar-refractivity contribution < 1.29 is 0 Å². The van der Waals surface area contributed by atoms with Crippen molar-refractivity contribution >= 4 is 45.3 Å². The lowest BCUT2D eigenvalue weighted by Crippen LogP contribution is -2.25. The molecule has 6 rings (SSSR count). The van der Waals surface area contributed by atoms with E-state index in [0.29, 0.717) is 35.0 Å². The second kappa shape index (κ2) is 21.0. The van der Waals surface area contributed by atoms with Gasteiger partial charge in [0.1, 0.15) is 22.7 Å². The summed E-state index contributed by atoms with van der Waals surface area (Å²) in [5.41, 5.74) is 20.1. The zero-order valence-corrected chi connectivity index (χ0v) is 34.0. The normalized spacial score (nSPS) is 12.4. The minimum Gasteiger partial charge on any atom is -0.384 e. The smallest absolute Gasteiger partial charge is 0.182 e. The summed E-state index contributed by atoms with van der Waals surface area (Å²) in [4.78, 5) is 32.3. The molecule has 0 aliphatic carbocycles. The Kier molecular flexibility index (Phi) is 15.6. The molecule has 0 radical (unpaired) electrons. The van der Waals surface area contributed by atoms with Crippen LogP contribution >= 0.6 is 0 Å². The minimum atomic E-state index is 0.308. The number of fused-ring (bicyclic) bond motifs is 2. The molecule has 4 aromatic heterocycles. The number of hydrogen-bond acceptors (Lipinski definition) is 12. The van der Waals surface area contributed by atoms with Crippen LogP contribution in [0.25, 0.3) is 44.8 Å². The van der Waals surface area contributed by atoms with Gasteiger partial charge in [0.2, 0.25) is 0 Å². The molecule has 0 fully saturated rings. The lowest BCUT2D eigenvalue weighted by molar-refractivity contribution is 0.295. The Morgan fingerprint density at radius 1 is 0.554 bits per heavy atom. The zero-order valence-electron chi connectivity index (χ0n) is 34.0. The highest BCUT2D eigenvalue weighted by atomic mass is 15.1. The quantitative estimate of drug-likeness (QED) is 0.0664. The van der Waals surface area contributed by atoms with Crippen LogP contribution in [-0.4, -0.2) is 91.1 Å². The van der Waals surface area contributed by atoms with Gasteiger partial charge >= 0.3 is 0 Å². The van der Waals surface area contributed by atoms with E-state index in [4.69, 9.17) is 16.5 Å². The number of rotatable bonds is 18. The predicted molar refractivity (Wildman–Crippen MR) is 235 cm³/mol. The van der Waals surface area contributed by atoms with E-state index >= 15 is 0 Å². The van der Waals surface area contributed by atoms with Gasteiger partial charge < -0.3 is 31.9 Å². The largest absolute Gasteiger partial charge is 0.384 e. The van der Waals surface area contributed by atoms with Gasteiger partial charge in [-0.3, -0.25) is 0 Å². The third-order valence-corrected chi connectivity index (χ3v) is 10.0. The number of nitrogens with zero attached hydrogens (tertiary/aromatic N) is 8. The average molecular weight is 757 g/mol. The van der Waals surface area contributed by atoms with Crippen LogP contribution in [0.3, 0.4) is 0 Å². The monoisotopic (exact) mass is 757 g/mol. The van der Waals surface area contributed by atoms with Crippen molar-refractivity contribution in [2.45, 2.75) is 79.3 Å². The summed E-state index contributed by atoms with van der Waals surface area (Å²) in [5.74, 6) is 0.900. The van der Waals surface area contributed by atoms with Gasteiger partial charge in [-0.05, 0) is 78.8 Å². The highest BCUT2D eigenvalue weighted by Gasteiger charge is 2.14. The number of nitrogens with one attached hydrogen (secondary N) is 2. The lowest BCUT2D eigenvalue weighted by Gasteiger charge is -2.20. The molecule has 0 saturated carbocycles. The van der Waals surface area contributed by atoms with Gasteiger partial charge in [0.15, 0.2) is 11.3 Å². The summed E-state index contributed by atoms with van der Waals surface area (Å²) in [5, 5.41) is 7.13. The molecule has 0 aliphatic heterocycles. The van der Waals surface area contributed by atoms with E-state index in [1.54, 1.807) is 12.4 Å². The average Bonchev–Trinajstić information content (AvgIpc) is 3.21. The summed E-state index contributed by atoms with van der Waals surface area (Å²) in [6, 6.07) is 24.4. The maximum atomic E-state index is 6.04. The van der Waals surface area contributed by atoms with Gasteiger partial charge in [-0.2, -0.15) is 0 Å². The standard InChI is InChI=1S/2C22H30N6/c1-4-28(5-2)13-9-10-16(3)25-18-14-20(23)27-22-21(18)26-19(15-24-22)17-11-7-6-8-12-17;1-4-28(5-2)13-9-10-16(3)25-18-14-20(23)27-22-21(18)24-15-19(26-22)17-11-7-6-8-12-17/h6-8,11-12,14-16H,4-5,9-10,13H2,1-3H3,(H3,23,24,25,27);6-8,11-12,14-16H,4-5,9-10,13H2,1-3H3,(H3,23,25,26,27). The summed E-state index contributed by atoms with van der Waals surface area (Å²) in [7, 11) is 0. The van der Waals surface area contributed by atoms with Crippen LogP contribution in [0.5, 0.6) is 0 Å². The Hall–Kier alpha value is -5.46. The van der Waals surface area contributed by atoms with Crippen molar-refractivity contribution in [3.63, 3.8) is 0 Å². The van der Waals surface area contributed by atoms with Crippen molar-refractivity contribution in [3.8, 4) is 22.5 Å². The molecule has 2 atom stereocenters. The number of anilines is 4. The first-order valence-corrected chi connectivity index (χ1v) is 20.2. The van der Waals surface area contributed by atoms with E-state index < -0.39 is 0 Å². The molecule has 12 nitrogen and oxygen atoms in total. The number of nitrogen functional groups attached to an aromatic ring is 2. The van der Waals surface area contributed by atoms with E-state index in [-0.39, 0.29) is 0 Å². The van der Waals surface area contributed by atoms with Crippen molar-refractivity contribution in [1.29, 1.82) is 0 Å². The Labute approximate surface area is 332 Å². The number of benzene rings is 2. The van der Waals surface area contributed by atoms with Crippen LogP contribution in [-0.2, 0) is 0 Å². The highest BCUT2D eigenvalue weighted by Crippen LogP contribution is 2.27. The summed E-state index contributed by atoms with van der Waals surface area (Å²) in [6.45, 7) is 19.9. The van der Waals surface area contributed by atoms with Gasteiger partial charge in [0.25, 0.3) is 0 Å². The number of aromatic nitrogens is 6. The van der Waals surface area contributed by atoms with Crippen LogP contribution in [0.15, 0.2) is 85.2 Å². The molecule has 6 N–H and O–H groups in total. The van der Waals surface area contributed by atoms with Crippen molar-refractivity contribution in [2.24, 2.45) is 0 Å². The van der Waals surface area contributed by atoms with E-state index in [1.807, 2.05) is 72.8 Å². The molecule has 2 unspecified atom stereocenters. The van der Waals surface area contributed by atoms with Crippen LogP contribution < -0.4 is 22.1 Å². The Balaban J connectivity index is 0.000000214. The van der Waals surface area contributed by atoms with Gasteiger partial charge in [-0.15, -0.1) is 0 Å². The summed E-state index contributed by atoms with van der Waals surface area (Å²) < 4.78 is 0. The maximum Gasteiger partial charge on any atom is 0.182 e. The predicted octanol–water partition coefficient (Wildman–Crippen LogP) is 8.39. The Bertz CT molecular complexity index is 2090. The molecule has 0 saturated heterocycles. The topological polar surface area (TPSA) is 160 Å². The van der Waals surface area contributed by atoms with Crippen molar-refractivity contribution in [2.75, 3.05) is 61.4 Å². The molecular formula is C44H60N12. The third-order valence-electron chi connectivity index (χ3n) is 10.0. The molecule has 0 amide bonds. The molecule has 56 heavy (non-hydrogen) atoms. The van der Waals surface area contributed by atoms with Crippen LogP contribution in [0.2, 0.25) is 0 Å². The zero-order chi connectivity index (χ0) is 39.9. The number of nitrogens with two attached hydrogens (primary N) is 2. The van der Waals surface area contributed by atoms with Gasteiger partial charge in [0, 0.05) is 35.3 Å². The molecule has 12 heteroatoms. The summed E-state index contributed by atoms with van der Waals surface area (Å²) >= 11 is 0. The van der Waals surface area contributed by atoms with E-state index in [9.17, 15) is 0 Å². The first-order valence-electron chi connectivity index (χ1n) is 20.2. The first kappa shape index (κ1) is 41.7. The van der Waals surface area contributed by atoms with E-state index in [2.05, 4.69) is 86.9 Å². The molecule has 4 heterocycles. The number of hydrogen-bond donors (Lipinski definition) is 4. The fourth-order valence-electron chi connectivity index (χ4n) is 6.75. The van der Waals surface area contributed by atoms with Crippen LogP contribution in [0, 0.1) is 0 Å². The maximum absolute atomic E-state index is 6.04. The fourth-order valence-corrected chi connectivity index (χ4v) is 6.75. The molecule has 6 aromatic rings. The third kappa shape index (κ3) is 11.8. The van der Waals surface area contributed by atoms with E-state index in [1.165, 1.54) is 0 Å². The van der Waals surface area contributed by atoms with Crippen molar-refractivity contribution in [1.82, 2.24) is 39.7 Å². The van der Waals surface area contributed by atoms with E-state index in [0.717, 1.165) is 110 Å². The second-order valence-corrected chi connectivity index (χ2v) is 14.2. The first-order chi connectivity index (χ1) is 27.2. The SMILES string of the molecule is CCN(CC)CCCC(C)Nc1cc(N)nc2nc(-c3ccccc3)cnc12.CCN(CC)CCCC(C)Nc1cc(N)nc2ncc(-c3ccccc3)nc12. The molecule has 0 bridgehead atoms. The molecule has 0 spiro atoms. The minimum absolute atomic E-state index is 0.308. The Morgan fingerprint density at radius 2 is 1.00 bits per heavy atom. The molecule has 0 aliphatic rings. The highest BCUT2D eigenvalue weighted by molar-refractivity contribution is 5.89.